The van der Waals surface area contributed by atoms with Crippen LogP contribution >= 0.6 is 0 Å². The third kappa shape index (κ3) is 3.25. The first-order valence-corrected chi connectivity index (χ1v) is 10.3. The molecule has 3 aromatic rings. The second kappa shape index (κ2) is 6.97. The van der Waals surface area contributed by atoms with Crippen molar-refractivity contribution in [2.75, 3.05) is 11.9 Å². The van der Waals surface area contributed by atoms with Crippen LogP contribution in [0.3, 0.4) is 0 Å². The number of ether oxygens (including phenoxy) is 1. The second-order valence-corrected chi connectivity index (χ2v) is 8.12. The van der Waals surface area contributed by atoms with Gasteiger partial charge in [0.1, 0.15) is 11.5 Å². The molecule has 5 nitrogen and oxygen atoms in total. The quantitative estimate of drug-likeness (QED) is 0.611. The number of rotatable bonds is 4. The molecule has 0 bridgehead atoms. The second-order valence-electron chi connectivity index (χ2n) is 8.12. The minimum Gasteiger partial charge on any atom is -0.456 e. The average molecular weight is 384 g/mol. The van der Waals surface area contributed by atoms with E-state index < -0.39 is 0 Å². The molecule has 1 unspecified atom stereocenters. The van der Waals surface area contributed by atoms with E-state index in [2.05, 4.69) is 53.1 Å². The molecule has 2 aromatic carbocycles. The van der Waals surface area contributed by atoms with Crippen molar-refractivity contribution < 1.29 is 4.74 Å². The van der Waals surface area contributed by atoms with Gasteiger partial charge in [0.15, 0.2) is 0 Å². The van der Waals surface area contributed by atoms with Crippen LogP contribution in [0.4, 0.5) is 5.69 Å². The van der Waals surface area contributed by atoms with Gasteiger partial charge in [0.05, 0.1) is 23.9 Å². The minimum atomic E-state index is 0.508. The van der Waals surface area contributed by atoms with E-state index in [9.17, 15) is 0 Å². The van der Waals surface area contributed by atoms with Crippen molar-refractivity contribution in [3.05, 3.63) is 59.9 Å². The number of nitriles is 1. The summed E-state index contributed by atoms with van der Waals surface area (Å²) in [6.07, 6.45) is 8.58. The third-order valence-electron chi connectivity index (χ3n) is 6.13. The Hall–Kier alpha value is -3.26. The summed E-state index contributed by atoms with van der Waals surface area (Å²) >= 11 is 0. The number of fused-ring (bicyclic) bond motifs is 1. The molecule has 0 N–H and O–H groups in total. The lowest BCUT2D eigenvalue weighted by molar-refractivity contribution is 0.470. The summed E-state index contributed by atoms with van der Waals surface area (Å²) < 4.78 is 8.54. The number of hydrogen-bond acceptors (Lipinski definition) is 4. The summed E-state index contributed by atoms with van der Waals surface area (Å²) in [7, 11) is 2.15. The lowest BCUT2D eigenvalue weighted by Crippen LogP contribution is -2.33. The van der Waals surface area contributed by atoms with E-state index in [1.807, 2.05) is 18.3 Å². The van der Waals surface area contributed by atoms with E-state index in [0.29, 0.717) is 17.6 Å². The van der Waals surface area contributed by atoms with Crippen molar-refractivity contribution in [2.45, 2.75) is 44.7 Å². The molecule has 5 heteroatoms. The van der Waals surface area contributed by atoms with Crippen LogP contribution in [0, 0.1) is 11.3 Å². The molecule has 1 aliphatic heterocycles. The van der Waals surface area contributed by atoms with Gasteiger partial charge in [-0.25, -0.2) is 0 Å². The predicted molar refractivity (Wildman–Crippen MR) is 113 cm³/mol. The van der Waals surface area contributed by atoms with Crippen LogP contribution in [-0.2, 0) is 6.42 Å². The Morgan fingerprint density at radius 1 is 1.10 bits per heavy atom. The Bertz CT molecular complexity index is 1090. The molecule has 1 fully saturated rings. The van der Waals surface area contributed by atoms with Crippen molar-refractivity contribution in [3.63, 3.8) is 0 Å². The van der Waals surface area contributed by atoms with E-state index in [-0.39, 0.29) is 0 Å². The number of benzene rings is 2. The van der Waals surface area contributed by atoms with Crippen LogP contribution in [-0.4, -0.2) is 22.9 Å². The van der Waals surface area contributed by atoms with Crippen molar-refractivity contribution in [1.82, 2.24) is 9.78 Å². The van der Waals surface area contributed by atoms with E-state index in [0.717, 1.165) is 35.5 Å². The molecule has 2 aliphatic rings. The van der Waals surface area contributed by atoms with Crippen molar-refractivity contribution in [3.8, 4) is 28.7 Å². The average Bonchev–Trinajstić information content (AvgIpc) is 3.48. The van der Waals surface area contributed by atoms with Crippen LogP contribution in [0.15, 0.2) is 48.8 Å². The topological polar surface area (TPSA) is 54.1 Å². The smallest absolute Gasteiger partial charge is 0.140 e. The number of anilines is 1. The van der Waals surface area contributed by atoms with Gasteiger partial charge in [0, 0.05) is 41.7 Å². The molecule has 29 heavy (non-hydrogen) atoms. The zero-order valence-corrected chi connectivity index (χ0v) is 16.8. The summed E-state index contributed by atoms with van der Waals surface area (Å²) in [5.41, 5.74) is 5.26. The summed E-state index contributed by atoms with van der Waals surface area (Å²) in [6, 6.07) is 14.9. The fourth-order valence-corrected chi connectivity index (χ4v) is 4.05. The van der Waals surface area contributed by atoms with E-state index in [1.54, 1.807) is 12.1 Å². The summed E-state index contributed by atoms with van der Waals surface area (Å²) in [6.45, 7) is 2.26. The van der Waals surface area contributed by atoms with Gasteiger partial charge in [-0.1, -0.05) is 0 Å². The molecular weight excluding hydrogens is 360 g/mol. The first-order chi connectivity index (χ1) is 14.1. The Morgan fingerprint density at radius 3 is 2.62 bits per heavy atom. The van der Waals surface area contributed by atoms with Gasteiger partial charge in [0.2, 0.25) is 0 Å². The van der Waals surface area contributed by atoms with Crippen LogP contribution in [0.5, 0.6) is 11.5 Å². The zero-order chi connectivity index (χ0) is 20.0. The zero-order valence-electron chi connectivity index (χ0n) is 16.8. The maximum absolute atomic E-state index is 9.07. The van der Waals surface area contributed by atoms with Crippen LogP contribution in [0.2, 0.25) is 0 Å². The van der Waals surface area contributed by atoms with Gasteiger partial charge in [-0.15, -0.1) is 0 Å². The highest BCUT2D eigenvalue weighted by Gasteiger charge is 2.28. The Morgan fingerprint density at radius 2 is 1.90 bits per heavy atom. The van der Waals surface area contributed by atoms with Crippen molar-refractivity contribution in [1.29, 1.82) is 5.26 Å². The normalized spacial score (nSPS) is 18.2. The summed E-state index contributed by atoms with van der Waals surface area (Å²) in [4.78, 5) is 2.34. The Labute approximate surface area is 171 Å². The molecular formula is C24H24N4O. The molecule has 5 rings (SSSR count). The number of nitrogens with zero attached hydrogens (tertiary/aromatic N) is 4. The Balaban J connectivity index is 1.60. The molecule has 0 saturated heterocycles. The highest BCUT2D eigenvalue weighted by Crippen LogP contribution is 2.45. The van der Waals surface area contributed by atoms with Crippen molar-refractivity contribution in [2.24, 2.45) is 0 Å². The highest BCUT2D eigenvalue weighted by molar-refractivity contribution is 5.78. The standard InChI is InChI=1S/C24H24N4O/c1-16-3-10-22-23(27(16)2)12-11-21(18-14-26-28(15-18)19-6-7-19)24(22)29-20-8-4-17(13-25)5-9-20/h4-5,8-9,11-12,14-16,19H,3,6-7,10H2,1-2H3. The molecule has 1 aromatic heterocycles. The molecule has 146 valence electrons. The highest BCUT2D eigenvalue weighted by atomic mass is 16.5. The van der Waals surface area contributed by atoms with E-state index in [4.69, 9.17) is 10.00 Å². The fraction of sp³-hybridized carbons (Fsp3) is 0.333. The summed E-state index contributed by atoms with van der Waals surface area (Å²) in [5, 5.41) is 13.6. The first-order valence-electron chi connectivity index (χ1n) is 10.3. The SMILES string of the molecule is CC1CCc2c(ccc(-c3cnn(C4CC4)c3)c2Oc2ccc(C#N)cc2)N1C. The third-order valence-corrected chi connectivity index (χ3v) is 6.13. The molecule has 0 amide bonds. The lowest BCUT2D eigenvalue weighted by Gasteiger charge is -2.35. The van der Waals surface area contributed by atoms with Gasteiger partial charge in [-0.2, -0.15) is 10.4 Å². The monoisotopic (exact) mass is 384 g/mol. The van der Waals surface area contributed by atoms with Gasteiger partial charge in [0.25, 0.3) is 0 Å². The lowest BCUT2D eigenvalue weighted by atomic mass is 9.93. The molecule has 0 radical (unpaired) electrons. The predicted octanol–water partition coefficient (Wildman–Crippen LogP) is 5.32. The Kier molecular flexibility index (Phi) is 4.28. The maximum atomic E-state index is 9.07. The van der Waals surface area contributed by atoms with Crippen LogP contribution in [0.1, 0.15) is 43.4 Å². The van der Waals surface area contributed by atoms with Gasteiger partial charge in [-0.3, -0.25) is 4.68 Å². The minimum absolute atomic E-state index is 0.508. The van der Waals surface area contributed by atoms with Crippen molar-refractivity contribution >= 4 is 5.69 Å². The van der Waals surface area contributed by atoms with E-state index in [1.165, 1.54) is 24.1 Å². The molecule has 1 aliphatic carbocycles. The van der Waals surface area contributed by atoms with Gasteiger partial charge < -0.3 is 9.64 Å². The van der Waals surface area contributed by atoms with Crippen LogP contribution < -0.4 is 9.64 Å². The fourth-order valence-electron chi connectivity index (χ4n) is 4.05. The summed E-state index contributed by atoms with van der Waals surface area (Å²) in [5.74, 6) is 1.65. The molecule has 1 atom stereocenters. The van der Waals surface area contributed by atoms with Gasteiger partial charge >= 0.3 is 0 Å². The molecule has 2 heterocycles. The van der Waals surface area contributed by atoms with Crippen LogP contribution in [0.25, 0.3) is 11.1 Å². The molecule has 1 saturated carbocycles. The maximum Gasteiger partial charge on any atom is 0.140 e. The van der Waals surface area contributed by atoms with E-state index >= 15 is 0 Å². The number of aromatic nitrogens is 2. The molecule has 0 spiro atoms. The number of hydrogen-bond donors (Lipinski definition) is 0. The largest absolute Gasteiger partial charge is 0.456 e. The first kappa shape index (κ1) is 17.8. The van der Waals surface area contributed by atoms with Gasteiger partial charge in [-0.05, 0) is 69.0 Å².